The number of nitrogens with one attached hydrogen (secondary N) is 2. The van der Waals surface area contributed by atoms with Gasteiger partial charge >= 0.3 is 5.97 Å². The van der Waals surface area contributed by atoms with Crippen molar-refractivity contribution in [3.63, 3.8) is 0 Å². The van der Waals surface area contributed by atoms with Crippen LogP contribution in [0.4, 0.5) is 0 Å². The van der Waals surface area contributed by atoms with Crippen LogP contribution < -0.4 is 27.8 Å². The minimum atomic E-state index is -1.40. The molecule has 0 aromatic heterocycles. The number of nitrogens with zero attached hydrogens (tertiary/aromatic N) is 2. The number of rotatable bonds is 13. The number of aliphatic hydroxyl groups excluding tert-OH is 1. The van der Waals surface area contributed by atoms with Gasteiger partial charge in [0.2, 0.25) is 17.7 Å². The lowest BCUT2D eigenvalue weighted by atomic mass is 10.0. The van der Waals surface area contributed by atoms with Crippen molar-refractivity contribution in [2.24, 2.45) is 22.2 Å². The van der Waals surface area contributed by atoms with Gasteiger partial charge in [-0.2, -0.15) is 0 Å². The minimum absolute atomic E-state index is 0.0359. The summed E-state index contributed by atoms with van der Waals surface area (Å²) in [7, 11) is 0. The summed E-state index contributed by atoms with van der Waals surface area (Å²) in [5.74, 6) is -3.28. The number of carbonyl (C=O) groups excluding carboxylic acids is 3. The number of aliphatic imine (C=N–C) groups is 1. The molecule has 13 heteroatoms. The van der Waals surface area contributed by atoms with Crippen molar-refractivity contribution in [2.75, 3.05) is 19.7 Å². The number of hydrogen-bond acceptors (Lipinski definition) is 7. The van der Waals surface area contributed by atoms with E-state index in [0.29, 0.717) is 25.8 Å². The number of carboxylic acids is 1. The maximum Gasteiger partial charge on any atom is 0.326 e. The Morgan fingerprint density at radius 2 is 1.81 bits per heavy atom. The summed E-state index contributed by atoms with van der Waals surface area (Å²) in [5, 5.41) is 23.8. The first-order valence-corrected chi connectivity index (χ1v) is 11.7. The van der Waals surface area contributed by atoms with Crippen LogP contribution >= 0.6 is 0 Å². The maximum atomic E-state index is 12.9. The van der Waals surface area contributed by atoms with Crippen LogP contribution in [-0.2, 0) is 25.6 Å². The molecule has 1 aliphatic heterocycles. The van der Waals surface area contributed by atoms with Gasteiger partial charge < -0.3 is 42.9 Å². The Hall–Kier alpha value is -3.71. The van der Waals surface area contributed by atoms with Gasteiger partial charge in [-0.05, 0) is 37.7 Å². The largest absolute Gasteiger partial charge is 0.480 e. The number of guanidine groups is 1. The van der Waals surface area contributed by atoms with Gasteiger partial charge in [-0.1, -0.05) is 30.3 Å². The number of carbonyl (C=O) groups is 4. The Morgan fingerprint density at radius 1 is 1.11 bits per heavy atom. The van der Waals surface area contributed by atoms with Crippen LogP contribution in [0.1, 0.15) is 31.2 Å². The zero-order valence-corrected chi connectivity index (χ0v) is 20.0. The molecule has 1 aromatic carbocycles. The topological polar surface area (TPSA) is 226 Å². The summed E-state index contributed by atoms with van der Waals surface area (Å²) in [6.07, 6.45) is 1.58. The number of carboxylic acid groups (broad SMARTS) is 1. The van der Waals surface area contributed by atoms with E-state index in [0.717, 1.165) is 5.56 Å². The van der Waals surface area contributed by atoms with Crippen LogP contribution in [0.5, 0.6) is 0 Å². The molecule has 198 valence electrons. The minimum Gasteiger partial charge on any atom is -0.480 e. The highest BCUT2D eigenvalue weighted by Crippen LogP contribution is 2.19. The quantitative estimate of drug-likeness (QED) is 0.0863. The van der Waals surface area contributed by atoms with Crippen molar-refractivity contribution in [2.45, 2.75) is 56.3 Å². The molecule has 0 unspecified atom stereocenters. The number of aliphatic hydroxyl groups is 1. The number of amides is 3. The smallest absolute Gasteiger partial charge is 0.326 e. The molecule has 4 atom stereocenters. The fourth-order valence-corrected chi connectivity index (χ4v) is 3.97. The molecule has 2 rings (SSSR count). The molecule has 1 heterocycles. The third kappa shape index (κ3) is 8.50. The van der Waals surface area contributed by atoms with E-state index in [-0.39, 0.29) is 31.3 Å². The normalized spacial score (nSPS) is 17.5. The molecule has 0 spiro atoms. The summed E-state index contributed by atoms with van der Waals surface area (Å²) in [5.41, 5.74) is 17.5. The zero-order chi connectivity index (χ0) is 26.7. The Morgan fingerprint density at radius 3 is 2.42 bits per heavy atom. The zero-order valence-electron chi connectivity index (χ0n) is 20.0. The van der Waals surface area contributed by atoms with Gasteiger partial charge in [-0.15, -0.1) is 0 Å². The lowest BCUT2D eigenvalue weighted by Gasteiger charge is -2.28. The van der Waals surface area contributed by atoms with Gasteiger partial charge in [-0.3, -0.25) is 19.4 Å². The Balaban J connectivity index is 1.96. The van der Waals surface area contributed by atoms with E-state index < -0.39 is 48.6 Å². The molecular weight excluding hydrogens is 470 g/mol. The second-order valence-corrected chi connectivity index (χ2v) is 8.58. The van der Waals surface area contributed by atoms with Gasteiger partial charge in [0.25, 0.3) is 0 Å². The van der Waals surface area contributed by atoms with Gasteiger partial charge in [0, 0.05) is 13.1 Å². The van der Waals surface area contributed by atoms with Crippen molar-refractivity contribution in [1.29, 1.82) is 0 Å². The molecule has 1 aliphatic rings. The molecule has 0 saturated carbocycles. The first-order valence-electron chi connectivity index (χ1n) is 11.7. The highest BCUT2D eigenvalue weighted by molar-refractivity contribution is 5.94. The van der Waals surface area contributed by atoms with Crippen molar-refractivity contribution in [1.82, 2.24) is 15.5 Å². The summed E-state index contributed by atoms with van der Waals surface area (Å²) in [6, 6.07) is 4.91. The Kier molecular flexibility index (Phi) is 11.1. The van der Waals surface area contributed by atoms with Crippen LogP contribution in [0, 0.1) is 0 Å². The lowest BCUT2D eigenvalue weighted by Crippen LogP contribution is -2.57. The molecule has 0 bridgehead atoms. The summed E-state index contributed by atoms with van der Waals surface area (Å²) in [4.78, 5) is 55.1. The van der Waals surface area contributed by atoms with Gasteiger partial charge in [-0.25, -0.2) is 4.79 Å². The summed E-state index contributed by atoms with van der Waals surface area (Å²) >= 11 is 0. The summed E-state index contributed by atoms with van der Waals surface area (Å²) in [6.45, 7) is -0.238. The second kappa shape index (κ2) is 14.0. The molecule has 1 aromatic rings. The Bertz CT molecular complexity index is 938. The SMILES string of the molecule is NC(N)=NCCC[C@H](NC(=O)[C@H](CO)NC(=O)[C@@H]1CCCN1C(=O)[C@@H](N)Cc1ccccc1)C(=O)O. The number of likely N-dealkylation sites (tertiary alicyclic amines) is 1. The van der Waals surface area contributed by atoms with E-state index in [4.69, 9.17) is 17.2 Å². The van der Waals surface area contributed by atoms with E-state index in [2.05, 4.69) is 15.6 Å². The molecule has 1 saturated heterocycles. The van der Waals surface area contributed by atoms with E-state index in [1.165, 1.54) is 4.90 Å². The van der Waals surface area contributed by atoms with Crippen LogP contribution in [0.15, 0.2) is 35.3 Å². The highest BCUT2D eigenvalue weighted by atomic mass is 16.4. The van der Waals surface area contributed by atoms with E-state index in [9.17, 15) is 29.4 Å². The van der Waals surface area contributed by atoms with E-state index in [1.54, 1.807) is 0 Å². The van der Waals surface area contributed by atoms with Gasteiger partial charge in [0.1, 0.15) is 18.1 Å². The average molecular weight is 506 g/mol. The standard InChI is InChI=1S/C23H35N7O6/c24-15(12-14-6-2-1-3-7-14)21(34)30-11-5-9-18(30)20(33)29-17(13-31)19(32)28-16(22(35)36)8-4-10-27-23(25)26/h1-3,6-7,15-18,31H,4-5,8-13,24H2,(H,28,32)(H,29,33)(H,35,36)(H4,25,26,27)/t15-,16-,17-,18-/m0/s1. The third-order valence-electron chi connectivity index (χ3n) is 5.83. The van der Waals surface area contributed by atoms with Crippen LogP contribution in [-0.4, -0.2) is 88.6 Å². The molecule has 1 fully saturated rings. The number of aliphatic carboxylic acids is 1. The number of nitrogens with two attached hydrogens (primary N) is 3. The molecule has 36 heavy (non-hydrogen) atoms. The molecule has 10 N–H and O–H groups in total. The van der Waals surface area contributed by atoms with Crippen molar-refractivity contribution < 1.29 is 29.4 Å². The average Bonchev–Trinajstić information content (AvgIpc) is 3.34. The lowest BCUT2D eigenvalue weighted by molar-refractivity contribution is -0.143. The van der Waals surface area contributed by atoms with Crippen LogP contribution in [0.3, 0.4) is 0 Å². The predicted octanol–water partition coefficient (Wildman–Crippen LogP) is -2.35. The van der Waals surface area contributed by atoms with Crippen LogP contribution in [0.2, 0.25) is 0 Å². The van der Waals surface area contributed by atoms with E-state index in [1.807, 2.05) is 30.3 Å². The number of hydrogen-bond donors (Lipinski definition) is 7. The second-order valence-electron chi connectivity index (χ2n) is 8.58. The van der Waals surface area contributed by atoms with Gasteiger partial charge in [0.15, 0.2) is 5.96 Å². The molecular formula is C23H35N7O6. The third-order valence-corrected chi connectivity index (χ3v) is 5.83. The molecule has 13 nitrogen and oxygen atoms in total. The predicted molar refractivity (Wildman–Crippen MR) is 131 cm³/mol. The summed E-state index contributed by atoms with van der Waals surface area (Å²) < 4.78 is 0. The monoisotopic (exact) mass is 505 g/mol. The number of benzene rings is 1. The fraction of sp³-hybridized carbons (Fsp3) is 0.522. The van der Waals surface area contributed by atoms with Crippen molar-refractivity contribution in [3.05, 3.63) is 35.9 Å². The van der Waals surface area contributed by atoms with Crippen molar-refractivity contribution >= 4 is 29.7 Å². The fourth-order valence-electron chi connectivity index (χ4n) is 3.97. The molecule has 0 aliphatic carbocycles. The van der Waals surface area contributed by atoms with Crippen molar-refractivity contribution in [3.8, 4) is 0 Å². The highest BCUT2D eigenvalue weighted by Gasteiger charge is 2.37. The van der Waals surface area contributed by atoms with E-state index >= 15 is 0 Å². The molecule has 0 radical (unpaired) electrons. The first kappa shape index (κ1) is 28.5. The van der Waals surface area contributed by atoms with Crippen LogP contribution in [0.25, 0.3) is 0 Å². The maximum absolute atomic E-state index is 12.9. The first-order chi connectivity index (χ1) is 17.1. The molecule has 3 amide bonds. The Labute approximate surface area is 209 Å². The van der Waals surface area contributed by atoms with Gasteiger partial charge in [0.05, 0.1) is 12.6 Å².